The molecule has 2 aliphatic rings. The Bertz CT molecular complexity index is 308. The Morgan fingerprint density at radius 2 is 1.89 bits per heavy atom. The molecule has 2 fully saturated rings. The maximum absolute atomic E-state index is 11.8. The van der Waals surface area contributed by atoms with Gasteiger partial charge in [-0.25, -0.2) is 4.79 Å². The van der Waals surface area contributed by atoms with Gasteiger partial charge in [0.2, 0.25) is 5.91 Å². The van der Waals surface area contributed by atoms with Gasteiger partial charge in [0.05, 0.1) is 6.54 Å². The first-order chi connectivity index (χ1) is 9.24. The predicted molar refractivity (Wildman–Crippen MR) is 72.9 cm³/mol. The van der Waals surface area contributed by atoms with Gasteiger partial charge in [-0.2, -0.15) is 0 Å². The summed E-state index contributed by atoms with van der Waals surface area (Å²) in [5.74, 6) is -0.211. The molecule has 0 radical (unpaired) electrons. The number of carbonyl (C=O) groups is 2. The van der Waals surface area contributed by atoms with Crippen molar-refractivity contribution in [1.82, 2.24) is 20.9 Å². The number of hydrogen-bond acceptors (Lipinski definition) is 4. The first kappa shape index (κ1) is 14.3. The van der Waals surface area contributed by atoms with E-state index in [0.29, 0.717) is 6.54 Å². The summed E-state index contributed by atoms with van der Waals surface area (Å²) in [7, 11) is 0. The number of hydrogen-bond donors (Lipinski definition) is 3. The zero-order valence-electron chi connectivity index (χ0n) is 11.4. The highest BCUT2D eigenvalue weighted by molar-refractivity contribution is 5.95. The Hall–Kier alpha value is -1.14. The minimum Gasteiger partial charge on any atom is -0.335 e. The second-order valence-corrected chi connectivity index (χ2v) is 5.38. The molecule has 0 aromatic rings. The molecular weight excluding hydrogens is 244 g/mol. The molecule has 1 aliphatic heterocycles. The molecule has 0 aromatic carbocycles. The van der Waals surface area contributed by atoms with Gasteiger partial charge in [-0.1, -0.05) is 12.8 Å². The van der Waals surface area contributed by atoms with E-state index in [1.807, 2.05) is 0 Å². The molecule has 19 heavy (non-hydrogen) atoms. The van der Waals surface area contributed by atoms with Crippen LogP contribution in [0.1, 0.15) is 32.1 Å². The van der Waals surface area contributed by atoms with Gasteiger partial charge in [0.1, 0.15) is 0 Å². The largest absolute Gasteiger partial charge is 0.335 e. The molecule has 3 N–H and O–H groups in total. The molecule has 0 atom stereocenters. The van der Waals surface area contributed by atoms with Crippen molar-refractivity contribution in [3.8, 4) is 0 Å². The average Bonchev–Trinajstić information content (AvgIpc) is 2.72. The van der Waals surface area contributed by atoms with Crippen LogP contribution in [-0.4, -0.2) is 55.6 Å². The van der Waals surface area contributed by atoms with Crippen molar-refractivity contribution in [2.24, 2.45) is 0 Å². The number of nitrogens with one attached hydrogen (secondary N) is 3. The molecule has 108 valence electrons. The van der Waals surface area contributed by atoms with Crippen molar-refractivity contribution in [2.75, 3.05) is 32.7 Å². The van der Waals surface area contributed by atoms with E-state index < -0.39 is 0 Å². The lowest BCUT2D eigenvalue weighted by Crippen LogP contribution is -2.47. The topological polar surface area (TPSA) is 73.5 Å². The zero-order valence-corrected chi connectivity index (χ0v) is 11.4. The van der Waals surface area contributed by atoms with E-state index in [1.165, 1.54) is 12.8 Å². The third-order valence-corrected chi connectivity index (χ3v) is 3.74. The smallest absolute Gasteiger partial charge is 0.321 e. The number of imide groups is 1. The van der Waals surface area contributed by atoms with Crippen molar-refractivity contribution < 1.29 is 9.59 Å². The molecule has 0 bridgehead atoms. The third-order valence-electron chi connectivity index (χ3n) is 3.74. The molecule has 0 unspecified atom stereocenters. The summed E-state index contributed by atoms with van der Waals surface area (Å²) in [5.41, 5.74) is 0. The summed E-state index contributed by atoms with van der Waals surface area (Å²) in [6, 6.07) is -0.0972. The fourth-order valence-corrected chi connectivity index (χ4v) is 2.72. The second kappa shape index (κ2) is 7.45. The maximum atomic E-state index is 11.8. The first-order valence-electron chi connectivity index (χ1n) is 7.27. The van der Waals surface area contributed by atoms with Crippen LogP contribution in [0.4, 0.5) is 4.79 Å². The Labute approximate surface area is 114 Å². The fraction of sp³-hybridized carbons (Fsp3) is 0.846. The quantitative estimate of drug-likeness (QED) is 0.676. The van der Waals surface area contributed by atoms with E-state index in [9.17, 15) is 9.59 Å². The van der Waals surface area contributed by atoms with Crippen molar-refractivity contribution in [1.29, 1.82) is 0 Å². The number of urea groups is 1. The predicted octanol–water partition coefficient (Wildman–Crippen LogP) is 0.0501. The van der Waals surface area contributed by atoms with E-state index >= 15 is 0 Å². The summed E-state index contributed by atoms with van der Waals surface area (Å²) < 4.78 is 0. The summed E-state index contributed by atoms with van der Waals surface area (Å²) in [6.45, 7) is 3.98. The van der Waals surface area contributed by atoms with Crippen LogP contribution in [0, 0.1) is 0 Å². The lowest BCUT2D eigenvalue weighted by atomic mass is 10.2. The number of rotatable bonds is 3. The molecule has 1 aliphatic carbocycles. The normalized spacial score (nSPS) is 21.9. The monoisotopic (exact) mass is 268 g/mol. The van der Waals surface area contributed by atoms with Gasteiger partial charge in [-0.15, -0.1) is 0 Å². The van der Waals surface area contributed by atoms with Gasteiger partial charge in [-0.3, -0.25) is 15.0 Å². The molecule has 1 heterocycles. The van der Waals surface area contributed by atoms with Gasteiger partial charge in [0, 0.05) is 19.1 Å². The van der Waals surface area contributed by atoms with Gasteiger partial charge in [0.15, 0.2) is 0 Å². The standard InChI is InChI=1S/C13H24N4O2/c18-12(10-17-8-3-6-14-7-9-17)16-13(19)15-11-4-1-2-5-11/h11,14H,1-10H2,(H2,15,16,18,19). The Morgan fingerprint density at radius 1 is 1.11 bits per heavy atom. The molecular formula is C13H24N4O2. The SMILES string of the molecule is O=C(CN1CCCNCC1)NC(=O)NC1CCCC1. The highest BCUT2D eigenvalue weighted by Crippen LogP contribution is 2.17. The summed E-state index contributed by atoms with van der Waals surface area (Å²) in [4.78, 5) is 25.5. The van der Waals surface area contributed by atoms with E-state index in [-0.39, 0.29) is 18.0 Å². The lowest BCUT2D eigenvalue weighted by Gasteiger charge is -2.19. The Morgan fingerprint density at radius 3 is 2.68 bits per heavy atom. The van der Waals surface area contributed by atoms with Gasteiger partial charge in [-0.05, 0) is 32.4 Å². The number of carbonyl (C=O) groups excluding carboxylic acids is 2. The molecule has 6 nitrogen and oxygen atoms in total. The second-order valence-electron chi connectivity index (χ2n) is 5.38. The van der Waals surface area contributed by atoms with Crippen molar-refractivity contribution in [2.45, 2.75) is 38.1 Å². The van der Waals surface area contributed by atoms with Gasteiger partial charge < -0.3 is 10.6 Å². The van der Waals surface area contributed by atoms with Crippen molar-refractivity contribution in [3.63, 3.8) is 0 Å². The average molecular weight is 268 g/mol. The minimum atomic E-state index is -0.343. The Kier molecular flexibility index (Phi) is 5.60. The number of nitrogens with zero attached hydrogens (tertiary/aromatic N) is 1. The van der Waals surface area contributed by atoms with Crippen LogP contribution in [0.5, 0.6) is 0 Å². The molecule has 1 saturated heterocycles. The molecule has 3 amide bonds. The molecule has 2 rings (SSSR count). The highest BCUT2D eigenvalue weighted by Gasteiger charge is 2.19. The molecule has 0 spiro atoms. The van der Waals surface area contributed by atoms with E-state index in [1.54, 1.807) is 0 Å². The fourth-order valence-electron chi connectivity index (χ4n) is 2.72. The van der Waals surface area contributed by atoms with Gasteiger partial charge >= 0.3 is 6.03 Å². The molecule has 1 saturated carbocycles. The van der Waals surface area contributed by atoms with Crippen LogP contribution in [0.25, 0.3) is 0 Å². The molecule has 6 heteroatoms. The van der Waals surface area contributed by atoms with Crippen LogP contribution < -0.4 is 16.0 Å². The van der Waals surface area contributed by atoms with Crippen molar-refractivity contribution in [3.05, 3.63) is 0 Å². The van der Waals surface area contributed by atoms with Crippen molar-refractivity contribution >= 4 is 11.9 Å². The van der Waals surface area contributed by atoms with Crippen LogP contribution in [0.15, 0.2) is 0 Å². The minimum absolute atomic E-state index is 0.211. The molecule has 0 aromatic heterocycles. The van der Waals surface area contributed by atoms with E-state index in [2.05, 4.69) is 20.9 Å². The summed E-state index contributed by atoms with van der Waals surface area (Å²) >= 11 is 0. The highest BCUT2D eigenvalue weighted by atomic mass is 16.2. The van der Waals surface area contributed by atoms with Gasteiger partial charge in [0.25, 0.3) is 0 Å². The van der Waals surface area contributed by atoms with Crippen LogP contribution >= 0.6 is 0 Å². The van der Waals surface area contributed by atoms with Crippen LogP contribution in [-0.2, 0) is 4.79 Å². The van der Waals surface area contributed by atoms with E-state index in [4.69, 9.17) is 0 Å². The summed E-state index contributed by atoms with van der Waals surface area (Å²) in [5, 5.41) is 8.57. The lowest BCUT2D eigenvalue weighted by molar-refractivity contribution is -0.121. The first-order valence-corrected chi connectivity index (χ1v) is 7.27. The zero-order chi connectivity index (χ0) is 13.5. The Balaban J connectivity index is 1.66. The summed E-state index contributed by atoms with van der Waals surface area (Å²) in [6.07, 6.45) is 5.43. The third kappa shape index (κ3) is 5.16. The van der Waals surface area contributed by atoms with E-state index in [0.717, 1.165) is 45.4 Å². The maximum Gasteiger partial charge on any atom is 0.321 e. The number of amides is 3. The van der Waals surface area contributed by atoms with Crippen LogP contribution in [0.3, 0.4) is 0 Å². The van der Waals surface area contributed by atoms with Crippen LogP contribution in [0.2, 0.25) is 0 Å².